The van der Waals surface area contributed by atoms with Gasteiger partial charge in [0.1, 0.15) is 0 Å². The molecular formula is C15H15FINO. The van der Waals surface area contributed by atoms with Gasteiger partial charge in [0.2, 0.25) is 0 Å². The third-order valence-electron chi connectivity index (χ3n) is 2.90. The molecule has 2 aromatic rings. The molecule has 0 saturated carbocycles. The third kappa shape index (κ3) is 3.59. The van der Waals surface area contributed by atoms with Crippen LogP contribution in [0, 0.1) is 9.39 Å². The van der Waals surface area contributed by atoms with Crippen LogP contribution in [-0.4, -0.2) is 7.11 Å². The first-order chi connectivity index (χ1) is 9.10. The Bertz CT molecular complexity index is 557. The van der Waals surface area contributed by atoms with E-state index < -0.39 is 0 Å². The van der Waals surface area contributed by atoms with E-state index >= 15 is 0 Å². The summed E-state index contributed by atoms with van der Waals surface area (Å²) in [6.07, 6.45) is 0. The molecule has 100 valence electrons. The molecule has 0 heterocycles. The number of anilines is 1. The largest absolute Gasteiger partial charge is 0.494 e. The van der Waals surface area contributed by atoms with Gasteiger partial charge in [-0.15, -0.1) is 0 Å². The van der Waals surface area contributed by atoms with E-state index in [1.165, 1.54) is 16.7 Å². The lowest BCUT2D eigenvalue weighted by Gasteiger charge is -2.16. The van der Waals surface area contributed by atoms with Crippen molar-refractivity contribution >= 4 is 28.3 Å². The highest BCUT2D eigenvalue weighted by atomic mass is 127. The van der Waals surface area contributed by atoms with Gasteiger partial charge in [-0.1, -0.05) is 12.1 Å². The van der Waals surface area contributed by atoms with Gasteiger partial charge in [-0.2, -0.15) is 0 Å². The summed E-state index contributed by atoms with van der Waals surface area (Å²) in [6.45, 7) is 2.05. The molecule has 0 bridgehead atoms. The number of hydrogen-bond donors (Lipinski definition) is 1. The van der Waals surface area contributed by atoms with E-state index in [1.807, 2.05) is 13.0 Å². The maximum atomic E-state index is 13.6. The number of ether oxygens (including phenoxy) is 1. The fraction of sp³-hybridized carbons (Fsp3) is 0.200. The monoisotopic (exact) mass is 371 g/mol. The summed E-state index contributed by atoms with van der Waals surface area (Å²) in [4.78, 5) is 0. The zero-order valence-electron chi connectivity index (χ0n) is 10.8. The van der Waals surface area contributed by atoms with Crippen molar-refractivity contribution in [2.45, 2.75) is 13.0 Å². The fourth-order valence-corrected chi connectivity index (χ4v) is 2.20. The van der Waals surface area contributed by atoms with E-state index in [0.29, 0.717) is 0 Å². The molecule has 0 aliphatic rings. The normalized spacial score (nSPS) is 12.0. The molecule has 4 heteroatoms. The quantitative estimate of drug-likeness (QED) is 0.793. The second-order valence-corrected chi connectivity index (χ2v) is 5.51. The minimum absolute atomic E-state index is 0.116. The van der Waals surface area contributed by atoms with Crippen LogP contribution >= 0.6 is 22.6 Å². The van der Waals surface area contributed by atoms with Gasteiger partial charge in [-0.05, 0) is 59.3 Å². The second kappa shape index (κ2) is 6.23. The highest BCUT2D eigenvalue weighted by Gasteiger charge is 2.08. The van der Waals surface area contributed by atoms with Crippen LogP contribution in [0.3, 0.4) is 0 Å². The molecule has 0 aromatic heterocycles. The van der Waals surface area contributed by atoms with Gasteiger partial charge in [0.05, 0.1) is 7.11 Å². The number of hydrogen-bond acceptors (Lipinski definition) is 2. The van der Waals surface area contributed by atoms with Gasteiger partial charge in [-0.3, -0.25) is 0 Å². The molecule has 1 unspecified atom stereocenters. The van der Waals surface area contributed by atoms with Crippen LogP contribution in [0.2, 0.25) is 0 Å². The molecule has 0 aliphatic carbocycles. The van der Waals surface area contributed by atoms with Gasteiger partial charge in [-0.25, -0.2) is 4.39 Å². The molecule has 2 rings (SSSR count). The van der Waals surface area contributed by atoms with Crippen molar-refractivity contribution in [1.82, 2.24) is 0 Å². The molecule has 1 N–H and O–H groups in total. The SMILES string of the molecule is COc1ccc(NC(C)c2ccc(I)cc2)cc1F. The molecule has 1 atom stereocenters. The number of nitrogens with one attached hydrogen (secondary N) is 1. The predicted octanol–water partition coefficient (Wildman–Crippen LogP) is 4.61. The molecule has 0 fully saturated rings. The minimum Gasteiger partial charge on any atom is -0.494 e. The fourth-order valence-electron chi connectivity index (χ4n) is 1.84. The first-order valence-corrected chi connectivity index (χ1v) is 7.03. The average Bonchev–Trinajstić information content (AvgIpc) is 2.39. The predicted molar refractivity (Wildman–Crippen MR) is 84.1 cm³/mol. The van der Waals surface area contributed by atoms with E-state index in [9.17, 15) is 4.39 Å². The zero-order chi connectivity index (χ0) is 13.8. The molecule has 0 saturated heterocycles. The molecule has 0 aliphatic heterocycles. The van der Waals surface area contributed by atoms with Crippen molar-refractivity contribution in [3.05, 3.63) is 57.4 Å². The summed E-state index contributed by atoms with van der Waals surface area (Å²) in [6, 6.07) is 13.2. The number of halogens is 2. The summed E-state index contributed by atoms with van der Waals surface area (Å²) in [5, 5.41) is 3.27. The van der Waals surface area contributed by atoms with Crippen LogP contribution in [0.15, 0.2) is 42.5 Å². The lowest BCUT2D eigenvalue weighted by Crippen LogP contribution is -2.06. The molecular weight excluding hydrogens is 356 g/mol. The van der Waals surface area contributed by atoms with E-state index in [2.05, 4.69) is 52.2 Å². The Morgan fingerprint density at radius 1 is 1.16 bits per heavy atom. The van der Waals surface area contributed by atoms with E-state index in [-0.39, 0.29) is 17.6 Å². The van der Waals surface area contributed by atoms with Crippen LogP contribution in [-0.2, 0) is 0 Å². The van der Waals surface area contributed by atoms with Gasteiger partial charge >= 0.3 is 0 Å². The van der Waals surface area contributed by atoms with Crippen LogP contribution in [0.25, 0.3) is 0 Å². The number of rotatable bonds is 4. The summed E-state index contributed by atoms with van der Waals surface area (Å²) < 4.78 is 19.7. The lowest BCUT2D eigenvalue weighted by molar-refractivity contribution is 0.386. The third-order valence-corrected chi connectivity index (χ3v) is 3.62. The maximum Gasteiger partial charge on any atom is 0.167 e. The van der Waals surface area contributed by atoms with Crippen LogP contribution in [0.5, 0.6) is 5.75 Å². The van der Waals surface area contributed by atoms with Gasteiger partial charge in [0.15, 0.2) is 11.6 Å². The number of benzene rings is 2. The highest BCUT2D eigenvalue weighted by Crippen LogP contribution is 2.24. The Labute approximate surface area is 126 Å². The Balaban J connectivity index is 2.12. The van der Waals surface area contributed by atoms with Crippen LogP contribution in [0.4, 0.5) is 10.1 Å². The Hall–Kier alpha value is -1.30. The summed E-state index contributed by atoms with van der Waals surface area (Å²) in [5.74, 6) is -0.102. The second-order valence-electron chi connectivity index (χ2n) is 4.27. The Kier molecular flexibility index (Phi) is 4.63. The van der Waals surface area contributed by atoms with E-state index in [1.54, 1.807) is 6.07 Å². The highest BCUT2D eigenvalue weighted by molar-refractivity contribution is 14.1. The lowest BCUT2D eigenvalue weighted by atomic mass is 10.1. The smallest absolute Gasteiger partial charge is 0.167 e. The first kappa shape index (κ1) is 14.1. The van der Waals surface area contributed by atoms with Gasteiger partial charge in [0.25, 0.3) is 0 Å². The first-order valence-electron chi connectivity index (χ1n) is 5.95. The summed E-state index contributed by atoms with van der Waals surface area (Å²) in [5.41, 5.74) is 1.90. The van der Waals surface area contributed by atoms with Crippen molar-refractivity contribution in [1.29, 1.82) is 0 Å². The molecule has 0 spiro atoms. The molecule has 2 nitrogen and oxygen atoms in total. The molecule has 19 heavy (non-hydrogen) atoms. The van der Waals surface area contributed by atoms with Crippen LogP contribution in [0.1, 0.15) is 18.5 Å². The summed E-state index contributed by atoms with van der Waals surface area (Å²) in [7, 11) is 1.46. The standard InChI is InChI=1S/C15H15FINO/c1-10(11-3-5-12(17)6-4-11)18-13-7-8-15(19-2)14(16)9-13/h3-10,18H,1-2H3. The van der Waals surface area contributed by atoms with E-state index in [4.69, 9.17) is 4.74 Å². The van der Waals surface area contributed by atoms with Crippen molar-refractivity contribution in [2.24, 2.45) is 0 Å². The molecule has 2 aromatic carbocycles. The number of methoxy groups -OCH3 is 1. The average molecular weight is 371 g/mol. The van der Waals surface area contributed by atoms with Crippen molar-refractivity contribution in [2.75, 3.05) is 12.4 Å². The minimum atomic E-state index is -0.359. The topological polar surface area (TPSA) is 21.3 Å². The van der Waals surface area contributed by atoms with E-state index in [0.717, 1.165) is 11.3 Å². The van der Waals surface area contributed by atoms with Crippen molar-refractivity contribution in [3.8, 4) is 5.75 Å². The Morgan fingerprint density at radius 3 is 2.42 bits per heavy atom. The van der Waals surface area contributed by atoms with Gasteiger partial charge < -0.3 is 10.1 Å². The van der Waals surface area contributed by atoms with Crippen molar-refractivity contribution in [3.63, 3.8) is 0 Å². The molecule has 0 radical (unpaired) electrons. The van der Waals surface area contributed by atoms with Crippen LogP contribution < -0.4 is 10.1 Å². The van der Waals surface area contributed by atoms with Gasteiger partial charge in [0, 0.05) is 21.4 Å². The maximum absolute atomic E-state index is 13.6. The Morgan fingerprint density at radius 2 is 1.84 bits per heavy atom. The zero-order valence-corrected chi connectivity index (χ0v) is 12.9. The molecule has 0 amide bonds. The van der Waals surface area contributed by atoms with Crippen molar-refractivity contribution < 1.29 is 9.13 Å². The summed E-state index contributed by atoms with van der Waals surface area (Å²) >= 11 is 2.27.